The Kier molecular flexibility index (Phi) is 14.5. The van der Waals surface area contributed by atoms with Crippen LogP contribution in [-0.4, -0.2) is 46.8 Å². The number of rotatable bonds is 4. The first-order chi connectivity index (χ1) is 23.5. The molecule has 0 fully saturated rings. The van der Waals surface area contributed by atoms with E-state index in [1.54, 1.807) is 30.9 Å². The zero-order chi connectivity index (χ0) is 37.0. The van der Waals surface area contributed by atoms with Crippen LogP contribution in [0.4, 0.5) is 26.3 Å². The van der Waals surface area contributed by atoms with Gasteiger partial charge in [0.1, 0.15) is 24.2 Å². The minimum atomic E-state index is -4.65. The Morgan fingerprint density at radius 3 is 1.50 bits per heavy atom. The maximum atomic E-state index is 12.7. The van der Waals surface area contributed by atoms with Crippen LogP contribution in [0.5, 0.6) is 5.75 Å². The maximum Gasteiger partial charge on any atom is 0.573 e. The van der Waals surface area contributed by atoms with Gasteiger partial charge < -0.3 is 4.74 Å². The summed E-state index contributed by atoms with van der Waals surface area (Å²) in [4.78, 5) is 0. The van der Waals surface area contributed by atoms with Crippen molar-refractivity contribution in [3.63, 3.8) is 0 Å². The van der Waals surface area contributed by atoms with Gasteiger partial charge in [0, 0.05) is 20.6 Å². The minimum absolute atomic E-state index is 0.0504. The summed E-state index contributed by atoms with van der Waals surface area (Å²) in [6, 6.07) is 18.3. The molecule has 0 aliphatic carbocycles. The number of ether oxygens (including phenoxy) is 1. The monoisotopic (exact) mass is 758 g/mol. The fourth-order valence-corrected chi connectivity index (χ4v) is 4.71. The van der Waals surface area contributed by atoms with Crippen molar-refractivity contribution in [1.29, 1.82) is 0 Å². The maximum absolute atomic E-state index is 12.7. The minimum Gasteiger partial charge on any atom is -0.406 e. The Hall–Kier alpha value is -4.73. The highest BCUT2D eigenvalue weighted by Crippen LogP contribution is 2.28. The molecular weight excluding hydrogens is 733 g/mol. The van der Waals surface area contributed by atoms with Crippen molar-refractivity contribution in [2.75, 3.05) is 0 Å². The average Bonchev–Trinajstić information content (AvgIpc) is 3.75. The van der Waals surface area contributed by atoms with Crippen LogP contribution in [-0.2, 0) is 0 Å². The second kappa shape index (κ2) is 18.3. The molecule has 0 aliphatic heterocycles. The number of benzene rings is 4. The second-order valence-corrected chi connectivity index (χ2v) is 11.4. The Labute approximate surface area is 297 Å². The van der Waals surface area contributed by atoms with E-state index >= 15 is 0 Å². The van der Waals surface area contributed by atoms with Crippen molar-refractivity contribution >= 4 is 34.8 Å². The van der Waals surface area contributed by atoms with Crippen molar-refractivity contribution in [1.82, 2.24) is 40.4 Å². The normalized spacial score (nSPS) is 10.7. The lowest BCUT2D eigenvalue weighted by Crippen LogP contribution is -2.17. The molecule has 0 radical (unpaired) electrons. The van der Waals surface area contributed by atoms with Crippen LogP contribution in [0.3, 0.4) is 0 Å². The van der Waals surface area contributed by atoms with Gasteiger partial charge in [-0.2, -0.15) is 0 Å². The zero-order valence-electron chi connectivity index (χ0n) is 26.5. The summed E-state index contributed by atoms with van der Waals surface area (Å²) < 4.78 is 79.1. The van der Waals surface area contributed by atoms with Crippen molar-refractivity contribution in [2.24, 2.45) is 0 Å². The number of hydrogen-bond acceptors (Lipinski definition) is 7. The molecule has 0 spiro atoms. The molecule has 0 N–H and O–H groups in total. The molecule has 4 aromatic carbocycles. The number of nitrogens with zero attached hydrogens (tertiary/aromatic N) is 8. The van der Waals surface area contributed by atoms with Crippen LogP contribution in [0.25, 0.3) is 11.4 Å². The first kappa shape index (κ1) is 39.7. The van der Waals surface area contributed by atoms with Gasteiger partial charge in [0.25, 0.3) is 6.43 Å². The summed E-state index contributed by atoms with van der Waals surface area (Å²) in [5.41, 5.74) is 4.50. The molecule has 0 atom stereocenters. The highest BCUT2D eigenvalue weighted by atomic mass is 35.5. The molecule has 6 aromatic rings. The van der Waals surface area contributed by atoms with Gasteiger partial charge in [-0.05, 0) is 138 Å². The number of aromatic nitrogens is 8. The second-order valence-electron chi connectivity index (χ2n) is 10.1. The number of halogens is 9. The topological polar surface area (TPSA) is 96.4 Å². The summed E-state index contributed by atoms with van der Waals surface area (Å²) in [7, 11) is 0. The van der Waals surface area contributed by atoms with Crippen LogP contribution < -0.4 is 4.74 Å². The average molecular weight is 760 g/mol. The SMILES string of the molecule is Cc1cc(Cl)ccc1-n1cnnn1.Cc1cc(Cl)ccc1C(F)F.Cc1cc(Cl)ccc1OC(F)(F)F.Cc1cc(F)ccc1-n1cnnn1. The highest BCUT2D eigenvalue weighted by Gasteiger charge is 2.31. The van der Waals surface area contributed by atoms with Gasteiger partial charge in [-0.25, -0.2) is 22.5 Å². The quantitative estimate of drug-likeness (QED) is 0.165. The van der Waals surface area contributed by atoms with Gasteiger partial charge in [-0.1, -0.05) is 40.9 Å². The molecule has 18 heteroatoms. The summed E-state index contributed by atoms with van der Waals surface area (Å²) in [5, 5.41) is 23.2. The van der Waals surface area contributed by atoms with E-state index in [0.717, 1.165) is 22.5 Å². The molecule has 0 aliphatic rings. The van der Waals surface area contributed by atoms with Crippen LogP contribution in [0, 0.1) is 33.5 Å². The Morgan fingerprint density at radius 1 is 0.620 bits per heavy atom. The summed E-state index contributed by atoms with van der Waals surface area (Å²) in [5.74, 6) is -0.480. The molecule has 50 heavy (non-hydrogen) atoms. The lowest BCUT2D eigenvalue weighted by Gasteiger charge is -2.10. The van der Waals surface area contributed by atoms with Gasteiger partial charge in [-0.15, -0.1) is 23.4 Å². The van der Waals surface area contributed by atoms with Crippen molar-refractivity contribution in [2.45, 2.75) is 40.5 Å². The van der Waals surface area contributed by atoms with Gasteiger partial charge in [0.2, 0.25) is 0 Å². The lowest BCUT2D eigenvalue weighted by atomic mass is 10.1. The third kappa shape index (κ3) is 12.6. The molecule has 6 rings (SSSR count). The van der Waals surface area contributed by atoms with Gasteiger partial charge in [0.05, 0.1) is 11.4 Å². The van der Waals surface area contributed by atoms with Crippen molar-refractivity contribution < 1.29 is 31.1 Å². The van der Waals surface area contributed by atoms with Crippen LogP contribution in [0.2, 0.25) is 15.1 Å². The molecule has 0 bridgehead atoms. The molecule has 2 heterocycles. The Bertz CT molecular complexity index is 1880. The molecule has 2 aromatic heterocycles. The summed E-state index contributed by atoms with van der Waals surface area (Å²) >= 11 is 16.9. The van der Waals surface area contributed by atoms with E-state index in [1.807, 2.05) is 25.1 Å². The predicted octanol–water partition coefficient (Wildman–Crippen LogP) is 9.87. The number of aryl methyl sites for hydroxylation is 4. The smallest absolute Gasteiger partial charge is 0.406 e. The first-order valence-electron chi connectivity index (χ1n) is 14.1. The number of hydrogen-bond donors (Lipinski definition) is 0. The van der Waals surface area contributed by atoms with Crippen LogP contribution in [0.15, 0.2) is 85.5 Å². The molecular formula is C32H27Cl3F6N8O. The van der Waals surface area contributed by atoms with E-state index in [4.69, 9.17) is 34.8 Å². The van der Waals surface area contributed by atoms with E-state index in [2.05, 4.69) is 35.8 Å². The number of tetrazole rings is 2. The molecule has 0 unspecified atom stereocenters. The predicted molar refractivity (Wildman–Crippen MR) is 177 cm³/mol. The third-order valence-corrected chi connectivity index (χ3v) is 7.04. The molecule has 0 amide bonds. The van der Waals surface area contributed by atoms with E-state index in [-0.39, 0.29) is 17.1 Å². The van der Waals surface area contributed by atoms with Crippen molar-refractivity contribution in [3.05, 3.63) is 134 Å². The van der Waals surface area contributed by atoms with Crippen LogP contribution in [0.1, 0.15) is 34.2 Å². The Balaban J connectivity index is 0.000000181. The third-order valence-electron chi connectivity index (χ3n) is 6.34. The fourth-order valence-electron chi connectivity index (χ4n) is 4.03. The standard InChI is InChI=1S/C8H6ClF3O.C8H7ClF2.C8H7ClN4.C8H7FN4/c1-5-4-6(9)2-3-7(5)13-8(10,11)12;1-5-4-6(9)2-3-7(5)8(10)11;2*1-6-4-7(9)2-3-8(6)13-5-10-11-12-13/h2-4H,1H3;2-4,8H,1H3;2*2-5H,1H3. The van der Waals surface area contributed by atoms with Crippen molar-refractivity contribution in [3.8, 4) is 17.1 Å². The van der Waals surface area contributed by atoms with E-state index in [9.17, 15) is 26.3 Å². The van der Waals surface area contributed by atoms with Crippen LogP contribution >= 0.6 is 34.8 Å². The fraction of sp³-hybridized carbons (Fsp3) is 0.188. The van der Waals surface area contributed by atoms with Gasteiger partial charge in [-0.3, -0.25) is 0 Å². The molecule has 9 nitrogen and oxygen atoms in total. The lowest BCUT2D eigenvalue weighted by molar-refractivity contribution is -0.274. The number of alkyl halides is 5. The molecule has 264 valence electrons. The molecule has 0 saturated carbocycles. The first-order valence-corrected chi connectivity index (χ1v) is 15.2. The molecule has 0 saturated heterocycles. The highest BCUT2D eigenvalue weighted by molar-refractivity contribution is 6.31. The van der Waals surface area contributed by atoms with E-state index in [0.29, 0.717) is 26.2 Å². The van der Waals surface area contributed by atoms with Gasteiger partial charge in [0.15, 0.2) is 0 Å². The largest absolute Gasteiger partial charge is 0.573 e. The van der Waals surface area contributed by atoms with Gasteiger partial charge >= 0.3 is 6.36 Å². The van der Waals surface area contributed by atoms with E-state index in [1.165, 1.54) is 66.5 Å². The summed E-state index contributed by atoms with van der Waals surface area (Å²) in [6.45, 7) is 6.88. The van der Waals surface area contributed by atoms with E-state index < -0.39 is 12.8 Å². The summed E-state index contributed by atoms with van der Waals surface area (Å²) in [6.07, 6.45) is -4.04. The Morgan fingerprint density at radius 2 is 1.08 bits per heavy atom. The zero-order valence-corrected chi connectivity index (χ0v) is 28.8.